The van der Waals surface area contributed by atoms with Gasteiger partial charge in [0.2, 0.25) is 0 Å². The van der Waals surface area contributed by atoms with Crippen molar-refractivity contribution in [2.75, 3.05) is 6.61 Å². The highest BCUT2D eigenvalue weighted by Crippen LogP contribution is 2.78. The summed E-state index contributed by atoms with van der Waals surface area (Å²) in [6.07, 6.45) is 10.8. The van der Waals surface area contributed by atoms with E-state index in [9.17, 15) is 15.0 Å². The van der Waals surface area contributed by atoms with E-state index in [0.29, 0.717) is 30.3 Å². The monoisotopic (exact) mass is 404 g/mol. The molecule has 5 nitrogen and oxygen atoms in total. The lowest BCUT2D eigenvalue weighted by Gasteiger charge is -2.61. The molecule has 2 heterocycles. The first kappa shape index (κ1) is 19.1. The van der Waals surface area contributed by atoms with Crippen molar-refractivity contribution in [3.63, 3.8) is 0 Å². The van der Waals surface area contributed by atoms with Crippen molar-refractivity contribution in [2.24, 2.45) is 40.4 Å². The van der Waals surface area contributed by atoms with Crippen LogP contribution in [-0.4, -0.2) is 40.8 Å². The van der Waals surface area contributed by atoms with Crippen LogP contribution < -0.4 is 0 Å². The van der Waals surface area contributed by atoms with Crippen LogP contribution in [0.4, 0.5) is 0 Å². The molecule has 9 atom stereocenters. The maximum Gasteiger partial charge on any atom is 0.305 e. The first-order chi connectivity index (χ1) is 13.9. The number of fused-ring (bicyclic) bond motifs is 3. The van der Waals surface area contributed by atoms with Gasteiger partial charge in [-0.25, -0.2) is 0 Å². The number of epoxide rings is 1. The van der Waals surface area contributed by atoms with E-state index in [1.54, 1.807) is 0 Å². The van der Waals surface area contributed by atoms with E-state index >= 15 is 0 Å². The SMILES string of the molecule is C[C@]12CCCCC1CC[C@@H]1[C@@H]2CC[C@]2(C(O)O)[C@@H]([C@H]3CCC(=O)OC3)CC3O[C@@]312. The second-order valence-electron chi connectivity index (χ2n) is 11.4. The van der Waals surface area contributed by atoms with E-state index in [1.807, 2.05) is 0 Å². The van der Waals surface area contributed by atoms with Gasteiger partial charge in [-0.2, -0.15) is 0 Å². The van der Waals surface area contributed by atoms with Gasteiger partial charge in [0, 0.05) is 6.42 Å². The number of rotatable bonds is 2. The summed E-state index contributed by atoms with van der Waals surface area (Å²) < 4.78 is 11.9. The Hall–Kier alpha value is -0.650. The Balaban J connectivity index is 1.36. The molecule has 2 N–H and O–H groups in total. The maximum absolute atomic E-state index is 11.6. The Kier molecular flexibility index (Phi) is 4.08. The molecule has 4 aliphatic carbocycles. The largest absolute Gasteiger partial charge is 0.465 e. The van der Waals surface area contributed by atoms with Crippen LogP contribution >= 0.6 is 0 Å². The molecule has 0 aromatic carbocycles. The van der Waals surface area contributed by atoms with Gasteiger partial charge in [0.1, 0.15) is 5.60 Å². The maximum atomic E-state index is 11.6. The molecular formula is C24H36O5. The smallest absolute Gasteiger partial charge is 0.305 e. The number of carbonyl (C=O) groups is 1. The van der Waals surface area contributed by atoms with E-state index < -0.39 is 11.7 Å². The highest BCUT2D eigenvalue weighted by molar-refractivity contribution is 5.70. The first-order valence-corrected chi connectivity index (χ1v) is 12.1. The number of aliphatic hydroxyl groups excluding tert-OH is 1. The van der Waals surface area contributed by atoms with Gasteiger partial charge in [-0.15, -0.1) is 0 Å². The Morgan fingerprint density at radius 3 is 2.62 bits per heavy atom. The van der Waals surface area contributed by atoms with Crippen molar-refractivity contribution in [3.8, 4) is 0 Å². The molecule has 0 radical (unpaired) electrons. The highest BCUT2D eigenvalue weighted by atomic mass is 16.6. The summed E-state index contributed by atoms with van der Waals surface area (Å²) in [4.78, 5) is 11.6. The van der Waals surface area contributed by atoms with Gasteiger partial charge in [0.25, 0.3) is 0 Å². The number of ether oxygens (including phenoxy) is 2. The van der Waals surface area contributed by atoms with Crippen molar-refractivity contribution in [1.82, 2.24) is 0 Å². The fraction of sp³-hybridized carbons (Fsp3) is 0.958. The Bertz CT molecular complexity index is 697. The fourth-order valence-corrected chi connectivity index (χ4v) is 9.60. The molecule has 2 unspecified atom stereocenters. The quantitative estimate of drug-likeness (QED) is 0.419. The van der Waals surface area contributed by atoms with Crippen molar-refractivity contribution >= 4 is 5.97 Å². The van der Waals surface area contributed by atoms with Crippen molar-refractivity contribution < 1.29 is 24.5 Å². The Morgan fingerprint density at radius 2 is 1.86 bits per heavy atom. The summed E-state index contributed by atoms with van der Waals surface area (Å²) in [6.45, 7) is 2.98. The normalized spacial score (nSPS) is 56.1. The van der Waals surface area contributed by atoms with Gasteiger partial charge in [-0.3, -0.25) is 4.79 Å². The summed E-state index contributed by atoms with van der Waals surface area (Å²) in [5, 5.41) is 21.7. The summed E-state index contributed by atoms with van der Waals surface area (Å²) >= 11 is 0. The number of esters is 1. The number of carbonyl (C=O) groups excluding carboxylic acids is 1. The fourth-order valence-electron chi connectivity index (χ4n) is 9.60. The van der Waals surface area contributed by atoms with E-state index in [0.717, 1.165) is 31.6 Å². The molecule has 29 heavy (non-hydrogen) atoms. The second-order valence-corrected chi connectivity index (χ2v) is 11.4. The number of aliphatic hydroxyl groups is 2. The van der Waals surface area contributed by atoms with Gasteiger partial charge in [0.05, 0.1) is 18.1 Å². The summed E-state index contributed by atoms with van der Waals surface area (Å²) in [5.41, 5.74) is -0.524. The zero-order chi connectivity index (χ0) is 20.0. The van der Waals surface area contributed by atoms with Gasteiger partial charge < -0.3 is 19.7 Å². The molecule has 162 valence electrons. The third-order valence-corrected chi connectivity index (χ3v) is 10.9. The summed E-state index contributed by atoms with van der Waals surface area (Å²) in [5.74, 6) is 2.27. The number of hydrogen-bond acceptors (Lipinski definition) is 5. The summed E-state index contributed by atoms with van der Waals surface area (Å²) in [7, 11) is 0. The van der Waals surface area contributed by atoms with E-state index in [-0.39, 0.29) is 29.5 Å². The van der Waals surface area contributed by atoms with Crippen molar-refractivity contribution in [2.45, 2.75) is 95.5 Å². The number of cyclic esters (lactones) is 1. The molecule has 0 bridgehead atoms. The van der Waals surface area contributed by atoms with Crippen LogP contribution in [0.25, 0.3) is 0 Å². The van der Waals surface area contributed by atoms with E-state index in [2.05, 4.69) is 6.92 Å². The lowest BCUT2D eigenvalue weighted by Crippen LogP contribution is -2.63. The van der Waals surface area contributed by atoms with Crippen LogP contribution in [-0.2, 0) is 14.3 Å². The predicted octanol–water partition coefficient (Wildman–Crippen LogP) is 3.41. The lowest BCUT2D eigenvalue weighted by molar-refractivity contribution is -0.243. The minimum absolute atomic E-state index is 0.110. The van der Waals surface area contributed by atoms with Gasteiger partial charge in [-0.05, 0) is 86.4 Å². The van der Waals surface area contributed by atoms with Crippen molar-refractivity contribution in [1.29, 1.82) is 0 Å². The molecule has 6 fully saturated rings. The topological polar surface area (TPSA) is 79.3 Å². The third kappa shape index (κ3) is 2.25. The average molecular weight is 405 g/mol. The van der Waals surface area contributed by atoms with Crippen LogP contribution in [0.15, 0.2) is 0 Å². The third-order valence-electron chi connectivity index (χ3n) is 10.9. The lowest BCUT2D eigenvalue weighted by atomic mass is 9.43. The summed E-state index contributed by atoms with van der Waals surface area (Å²) in [6, 6.07) is 0. The molecule has 0 aromatic heterocycles. The molecule has 5 heteroatoms. The minimum atomic E-state index is -1.35. The molecule has 2 saturated heterocycles. The zero-order valence-electron chi connectivity index (χ0n) is 17.6. The first-order valence-electron chi connectivity index (χ1n) is 12.1. The van der Waals surface area contributed by atoms with E-state index in [4.69, 9.17) is 9.47 Å². The molecule has 6 rings (SSSR count). The highest BCUT2D eigenvalue weighted by Gasteiger charge is 2.84. The molecular weight excluding hydrogens is 368 g/mol. The molecule has 0 amide bonds. The Labute approximate surface area is 173 Å². The molecule has 0 aromatic rings. The Morgan fingerprint density at radius 1 is 1.00 bits per heavy atom. The molecule has 4 saturated carbocycles. The van der Waals surface area contributed by atoms with Crippen LogP contribution in [0, 0.1) is 40.4 Å². The molecule has 2 aliphatic heterocycles. The standard InChI is InChI=1S/C24H36O5/c1-22-10-3-2-4-15(22)6-7-17-16(22)9-11-23(21(26)27)18(12-19-24(17,23)29-19)14-5-8-20(25)28-13-14/h14-19,21,26-27H,2-13H2,1H3/t14-,15?,16-,17+,18+,19?,22-,23+,24+/m0/s1. The van der Waals surface area contributed by atoms with Gasteiger partial charge in [-0.1, -0.05) is 19.8 Å². The second kappa shape index (κ2) is 6.20. The van der Waals surface area contributed by atoms with E-state index in [1.165, 1.54) is 38.5 Å². The van der Waals surface area contributed by atoms with Gasteiger partial charge in [0.15, 0.2) is 6.29 Å². The van der Waals surface area contributed by atoms with Crippen molar-refractivity contribution in [3.05, 3.63) is 0 Å². The van der Waals surface area contributed by atoms with Crippen LogP contribution in [0.5, 0.6) is 0 Å². The number of hydrogen-bond donors (Lipinski definition) is 2. The van der Waals surface area contributed by atoms with Gasteiger partial charge >= 0.3 is 5.97 Å². The zero-order valence-corrected chi connectivity index (χ0v) is 17.6. The molecule has 1 spiro atoms. The van der Waals surface area contributed by atoms with Crippen LogP contribution in [0.3, 0.4) is 0 Å². The predicted molar refractivity (Wildman–Crippen MR) is 106 cm³/mol. The average Bonchev–Trinajstić information content (AvgIpc) is 3.34. The van der Waals surface area contributed by atoms with Crippen LogP contribution in [0.2, 0.25) is 0 Å². The minimum Gasteiger partial charge on any atom is -0.465 e. The van der Waals surface area contributed by atoms with Crippen LogP contribution in [0.1, 0.15) is 77.6 Å². The molecule has 6 aliphatic rings.